The monoisotopic (exact) mass is 332 g/mol. The Morgan fingerprint density at radius 2 is 2.08 bits per heavy atom. The molecule has 2 fully saturated rings. The Morgan fingerprint density at radius 3 is 2.79 bits per heavy atom. The lowest BCUT2D eigenvalue weighted by Gasteiger charge is -2.59. The van der Waals surface area contributed by atoms with Crippen LogP contribution in [0.1, 0.15) is 39.2 Å². The van der Waals surface area contributed by atoms with Crippen molar-refractivity contribution in [3.8, 4) is 0 Å². The van der Waals surface area contributed by atoms with Gasteiger partial charge in [-0.1, -0.05) is 44.2 Å². The van der Waals surface area contributed by atoms with E-state index in [1.54, 1.807) is 6.92 Å². The molecule has 4 unspecified atom stereocenters. The summed E-state index contributed by atoms with van der Waals surface area (Å²) >= 11 is 0. The van der Waals surface area contributed by atoms with Crippen LogP contribution in [0, 0.1) is 11.3 Å². The summed E-state index contributed by atoms with van der Waals surface area (Å²) in [4.78, 5) is 12.3. The van der Waals surface area contributed by atoms with E-state index in [9.17, 15) is 9.90 Å². The molecule has 1 saturated carbocycles. The standard InChI is InChI=1S/C19H28N2O3/c1-18(2)15(14-10-7-11-24-16(14)18)21-17(22)20-12-19(3,23)13-8-5-4-6-9-13/h4-6,8-9,14-16,23H,7,10-12H2,1-3H3,(H2,20,21,22). The van der Waals surface area contributed by atoms with Crippen LogP contribution in [0.3, 0.4) is 0 Å². The highest BCUT2D eigenvalue weighted by atomic mass is 16.5. The van der Waals surface area contributed by atoms with Crippen molar-refractivity contribution in [3.05, 3.63) is 35.9 Å². The molecule has 0 aromatic heterocycles. The highest BCUT2D eigenvalue weighted by molar-refractivity contribution is 5.74. The quantitative estimate of drug-likeness (QED) is 0.793. The maximum absolute atomic E-state index is 12.3. The molecule has 3 N–H and O–H groups in total. The van der Waals surface area contributed by atoms with E-state index in [0.717, 1.165) is 25.0 Å². The Hall–Kier alpha value is -1.59. The van der Waals surface area contributed by atoms with Gasteiger partial charge in [0.25, 0.3) is 0 Å². The fourth-order valence-electron chi connectivity index (χ4n) is 4.16. The van der Waals surface area contributed by atoms with E-state index in [4.69, 9.17) is 4.74 Å². The second-order valence-electron chi connectivity index (χ2n) is 7.86. The lowest BCUT2D eigenvalue weighted by Crippen LogP contribution is -2.71. The molecule has 2 amide bonds. The van der Waals surface area contributed by atoms with Gasteiger partial charge in [0, 0.05) is 24.0 Å². The second-order valence-corrected chi connectivity index (χ2v) is 7.86. The van der Waals surface area contributed by atoms with Crippen molar-refractivity contribution < 1.29 is 14.6 Å². The zero-order valence-corrected chi connectivity index (χ0v) is 14.7. The molecule has 1 aromatic rings. The van der Waals surface area contributed by atoms with Gasteiger partial charge in [-0.3, -0.25) is 0 Å². The molecule has 4 atom stereocenters. The number of fused-ring (bicyclic) bond motifs is 1. The predicted octanol–water partition coefficient (Wildman–Crippen LogP) is 2.40. The molecule has 0 spiro atoms. The molecular formula is C19H28N2O3. The van der Waals surface area contributed by atoms with E-state index in [2.05, 4.69) is 24.5 Å². The third-order valence-electron chi connectivity index (χ3n) is 5.61. The molecular weight excluding hydrogens is 304 g/mol. The summed E-state index contributed by atoms with van der Waals surface area (Å²) < 4.78 is 5.86. The van der Waals surface area contributed by atoms with Crippen molar-refractivity contribution in [3.63, 3.8) is 0 Å². The van der Waals surface area contributed by atoms with Gasteiger partial charge in [-0.05, 0) is 25.3 Å². The summed E-state index contributed by atoms with van der Waals surface area (Å²) in [5.74, 6) is 0.397. The number of carbonyl (C=O) groups excluding carboxylic acids is 1. The van der Waals surface area contributed by atoms with Crippen LogP contribution in [0.2, 0.25) is 0 Å². The number of urea groups is 1. The average Bonchev–Trinajstić information content (AvgIpc) is 2.59. The maximum atomic E-state index is 12.3. The summed E-state index contributed by atoms with van der Waals surface area (Å²) in [6.07, 6.45) is 2.39. The Balaban J connectivity index is 1.54. The number of hydrogen-bond acceptors (Lipinski definition) is 3. The summed E-state index contributed by atoms with van der Waals surface area (Å²) in [6, 6.07) is 9.27. The molecule has 1 aliphatic heterocycles. The van der Waals surface area contributed by atoms with Crippen LogP contribution in [-0.2, 0) is 10.3 Å². The number of aliphatic hydroxyl groups is 1. The van der Waals surface area contributed by atoms with Crippen molar-refractivity contribution in [2.75, 3.05) is 13.2 Å². The zero-order chi connectivity index (χ0) is 17.4. The minimum absolute atomic E-state index is 0.0512. The summed E-state index contributed by atoms with van der Waals surface area (Å²) in [5.41, 5.74) is -0.357. The fraction of sp³-hybridized carbons (Fsp3) is 0.632. The van der Waals surface area contributed by atoms with Crippen molar-refractivity contribution >= 4 is 6.03 Å². The predicted molar refractivity (Wildman–Crippen MR) is 92.6 cm³/mol. The minimum atomic E-state index is -1.09. The molecule has 0 bridgehead atoms. The van der Waals surface area contributed by atoms with E-state index >= 15 is 0 Å². The van der Waals surface area contributed by atoms with Crippen LogP contribution < -0.4 is 10.6 Å². The molecule has 3 rings (SSSR count). The number of rotatable bonds is 4. The highest BCUT2D eigenvalue weighted by Crippen LogP contribution is 2.51. The van der Waals surface area contributed by atoms with Crippen molar-refractivity contribution in [1.82, 2.24) is 10.6 Å². The minimum Gasteiger partial charge on any atom is -0.384 e. The number of carbonyl (C=O) groups is 1. The number of nitrogens with one attached hydrogen (secondary N) is 2. The van der Waals surface area contributed by atoms with E-state index in [1.807, 2.05) is 30.3 Å². The third-order valence-corrected chi connectivity index (χ3v) is 5.61. The molecule has 5 nitrogen and oxygen atoms in total. The van der Waals surface area contributed by atoms with E-state index in [0.29, 0.717) is 5.92 Å². The van der Waals surface area contributed by atoms with Crippen LogP contribution in [0.4, 0.5) is 4.79 Å². The lowest BCUT2D eigenvalue weighted by atomic mass is 9.55. The number of ether oxygens (including phenoxy) is 1. The van der Waals surface area contributed by atoms with Gasteiger partial charge in [-0.15, -0.1) is 0 Å². The molecule has 132 valence electrons. The third kappa shape index (κ3) is 3.15. The molecule has 1 aliphatic carbocycles. The first-order chi connectivity index (χ1) is 11.3. The molecule has 5 heteroatoms. The van der Waals surface area contributed by atoms with Crippen LogP contribution in [-0.4, -0.2) is 36.4 Å². The average molecular weight is 332 g/mol. The van der Waals surface area contributed by atoms with Crippen LogP contribution in [0.5, 0.6) is 0 Å². The Labute approximate surface area is 143 Å². The smallest absolute Gasteiger partial charge is 0.315 e. The molecule has 2 aliphatic rings. The number of hydrogen-bond donors (Lipinski definition) is 3. The van der Waals surface area contributed by atoms with Gasteiger partial charge in [0.2, 0.25) is 0 Å². The van der Waals surface area contributed by atoms with E-state index in [-0.39, 0.29) is 30.1 Å². The maximum Gasteiger partial charge on any atom is 0.315 e. The number of benzene rings is 1. The van der Waals surface area contributed by atoms with E-state index in [1.165, 1.54) is 0 Å². The van der Waals surface area contributed by atoms with Crippen molar-refractivity contribution in [1.29, 1.82) is 0 Å². The van der Waals surface area contributed by atoms with Crippen molar-refractivity contribution in [2.24, 2.45) is 11.3 Å². The summed E-state index contributed by atoms with van der Waals surface area (Å²) in [7, 11) is 0. The molecule has 1 heterocycles. The van der Waals surface area contributed by atoms with Crippen LogP contribution in [0.25, 0.3) is 0 Å². The summed E-state index contributed by atoms with van der Waals surface area (Å²) in [6.45, 7) is 6.99. The fourth-order valence-corrected chi connectivity index (χ4v) is 4.16. The molecule has 0 radical (unpaired) electrons. The van der Waals surface area contributed by atoms with Gasteiger partial charge in [-0.2, -0.15) is 0 Å². The lowest BCUT2D eigenvalue weighted by molar-refractivity contribution is -0.189. The second kappa shape index (κ2) is 6.37. The highest BCUT2D eigenvalue weighted by Gasteiger charge is 2.58. The topological polar surface area (TPSA) is 70.6 Å². The van der Waals surface area contributed by atoms with Gasteiger partial charge < -0.3 is 20.5 Å². The largest absolute Gasteiger partial charge is 0.384 e. The van der Waals surface area contributed by atoms with Crippen LogP contribution >= 0.6 is 0 Å². The van der Waals surface area contributed by atoms with Gasteiger partial charge in [-0.25, -0.2) is 4.79 Å². The Morgan fingerprint density at radius 1 is 1.38 bits per heavy atom. The number of amides is 2. The molecule has 1 aromatic carbocycles. The van der Waals surface area contributed by atoms with Gasteiger partial charge in [0.1, 0.15) is 5.60 Å². The van der Waals surface area contributed by atoms with Gasteiger partial charge >= 0.3 is 6.03 Å². The van der Waals surface area contributed by atoms with Crippen LogP contribution in [0.15, 0.2) is 30.3 Å². The van der Waals surface area contributed by atoms with Crippen molar-refractivity contribution in [2.45, 2.75) is 51.4 Å². The first-order valence-corrected chi connectivity index (χ1v) is 8.76. The first-order valence-electron chi connectivity index (χ1n) is 8.76. The summed E-state index contributed by atoms with van der Waals surface area (Å²) in [5, 5.41) is 16.5. The van der Waals surface area contributed by atoms with Gasteiger partial charge in [0.05, 0.1) is 12.6 Å². The SMILES string of the molecule is CC(O)(CNC(=O)NC1C2CCCOC2C1(C)C)c1ccccc1. The van der Waals surface area contributed by atoms with E-state index < -0.39 is 5.60 Å². The molecule has 24 heavy (non-hydrogen) atoms. The first kappa shape index (κ1) is 17.2. The molecule has 1 saturated heterocycles. The normalized spacial score (nSPS) is 30.4. The zero-order valence-electron chi connectivity index (χ0n) is 14.7. The van der Waals surface area contributed by atoms with Gasteiger partial charge in [0.15, 0.2) is 0 Å². The Bertz CT molecular complexity index is 586. The Kier molecular flexibility index (Phi) is 4.58.